The first-order valence-corrected chi connectivity index (χ1v) is 13.3. The Morgan fingerprint density at radius 3 is 1.15 bits per heavy atom. The Morgan fingerprint density at radius 1 is 0.515 bits per heavy atom. The minimum absolute atomic E-state index is 0.0145. The van der Waals surface area contributed by atoms with E-state index in [1.807, 2.05) is 0 Å². The van der Waals surface area contributed by atoms with Gasteiger partial charge in [-0.15, -0.1) is 0 Å². The van der Waals surface area contributed by atoms with Gasteiger partial charge in [-0.25, -0.2) is 9.59 Å². The molecule has 0 saturated carbocycles. The topological polar surface area (TPSA) is 61.8 Å². The molecule has 0 heterocycles. The van der Waals surface area contributed by atoms with Gasteiger partial charge in [0.15, 0.2) is 0 Å². The predicted molar refractivity (Wildman–Crippen MR) is 136 cm³/mol. The number of esters is 2. The van der Waals surface area contributed by atoms with Gasteiger partial charge in [-0.1, -0.05) is 117 Å². The molecule has 0 aliphatic heterocycles. The maximum Gasteiger partial charge on any atom is 0.335 e. The van der Waals surface area contributed by atoms with Gasteiger partial charge in [-0.2, -0.15) is 0 Å². The molecule has 0 N–H and O–H groups in total. The van der Waals surface area contributed by atoms with Gasteiger partial charge in [0.2, 0.25) is 0 Å². The van der Waals surface area contributed by atoms with Crippen LogP contribution in [0.4, 0.5) is 0 Å². The van der Waals surface area contributed by atoms with E-state index < -0.39 is 11.9 Å². The van der Waals surface area contributed by atoms with Crippen LogP contribution in [0.5, 0.6) is 0 Å². The second-order valence-corrected chi connectivity index (χ2v) is 8.92. The molecule has 0 saturated heterocycles. The minimum Gasteiger partial charge on any atom is -0.462 e. The highest BCUT2D eigenvalue weighted by atomic mass is 16.5. The van der Waals surface area contributed by atoms with Crippen molar-refractivity contribution in [1.29, 1.82) is 0 Å². The Labute approximate surface area is 203 Å². The van der Waals surface area contributed by atoms with E-state index in [2.05, 4.69) is 27.0 Å². The van der Waals surface area contributed by atoms with E-state index in [0.717, 1.165) is 25.7 Å². The molecular weight excluding hydrogens is 416 g/mol. The van der Waals surface area contributed by atoms with Crippen molar-refractivity contribution in [2.45, 2.75) is 117 Å². The standard InChI is InChI=1S/C28H50O5/c1-5-7-9-11-13-15-17-19-21-32-27(29)25(3)23-31-24-26(4)28(30)33-22-20-18-16-14-12-10-8-6-2/h3-24H2,1-2H3. The van der Waals surface area contributed by atoms with Crippen molar-refractivity contribution in [2.24, 2.45) is 0 Å². The van der Waals surface area contributed by atoms with Gasteiger partial charge >= 0.3 is 11.9 Å². The quantitative estimate of drug-likeness (QED) is 0.0838. The van der Waals surface area contributed by atoms with Crippen LogP contribution in [0.1, 0.15) is 117 Å². The Balaban J connectivity index is 3.62. The summed E-state index contributed by atoms with van der Waals surface area (Å²) in [5, 5.41) is 0. The fraction of sp³-hybridized carbons (Fsp3) is 0.786. The lowest BCUT2D eigenvalue weighted by Gasteiger charge is -2.10. The van der Waals surface area contributed by atoms with Crippen LogP contribution in [0, 0.1) is 0 Å². The van der Waals surface area contributed by atoms with Gasteiger partial charge in [0.05, 0.1) is 37.6 Å². The minimum atomic E-state index is -0.444. The molecule has 0 unspecified atom stereocenters. The fourth-order valence-corrected chi connectivity index (χ4v) is 3.42. The van der Waals surface area contributed by atoms with E-state index in [-0.39, 0.29) is 24.4 Å². The van der Waals surface area contributed by atoms with E-state index in [1.165, 1.54) is 77.0 Å². The first kappa shape index (κ1) is 31.4. The second-order valence-electron chi connectivity index (χ2n) is 8.92. The van der Waals surface area contributed by atoms with Gasteiger partial charge < -0.3 is 14.2 Å². The van der Waals surface area contributed by atoms with Crippen molar-refractivity contribution in [1.82, 2.24) is 0 Å². The van der Waals surface area contributed by atoms with Crippen LogP contribution in [0.2, 0.25) is 0 Å². The van der Waals surface area contributed by atoms with Crippen molar-refractivity contribution < 1.29 is 23.8 Å². The average Bonchev–Trinajstić information content (AvgIpc) is 2.81. The van der Waals surface area contributed by atoms with E-state index in [9.17, 15) is 9.59 Å². The van der Waals surface area contributed by atoms with Crippen LogP contribution < -0.4 is 0 Å². The molecule has 5 nitrogen and oxygen atoms in total. The van der Waals surface area contributed by atoms with Crippen LogP contribution in [-0.2, 0) is 23.8 Å². The molecule has 0 spiro atoms. The number of unbranched alkanes of at least 4 members (excludes halogenated alkanes) is 14. The first-order chi connectivity index (χ1) is 16.0. The lowest BCUT2D eigenvalue weighted by Crippen LogP contribution is -2.16. The second kappa shape index (κ2) is 23.5. The smallest absolute Gasteiger partial charge is 0.335 e. The number of hydrogen-bond acceptors (Lipinski definition) is 5. The number of rotatable bonds is 24. The molecule has 192 valence electrons. The number of ether oxygens (including phenoxy) is 3. The summed E-state index contributed by atoms with van der Waals surface area (Å²) >= 11 is 0. The Morgan fingerprint density at radius 2 is 0.818 bits per heavy atom. The van der Waals surface area contributed by atoms with Crippen LogP contribution in [0.15, 0.2) is 24.3 Å². The Hall–Kier alpha value is -1.62. The van der Waals surface area contributed by atoms with Gasteiger partial charge in [0, 0.05) is 0 Å². The van der Waals surface area contributed by atoms with E-state index in [4.69, 9.17) is 14.2 Å². The monoisotopic (exact) mass is 466 g/mol. The molecule has 0 radical (unpaired) electrons. The van der Waals surface area contributed by atoms with Crippen molar-refractivity contribution in [3.05, 3.63) is 24.3 Å². The third-order valence-corrected chi connectivity index (χ3v) is 5.59. The molecule has 0 rings (SSSR count). The van der Waals surface area contributed by atoms with Crippen LogP contribution in [0.3, 0.4) is 0 Å². The molecule has 0 aromatic carbocycles. The molecule has 0 atom stereocenters. The summed E-state index contributed by atoms with van der Waals surface area (Å²) in [5.74, 6) is -0.887. The number of carbonyl (C=O) groups excluding carboxylic acids is 2. The lowest BCUT2D eigenvalue weighted by atomic mass is 10.1. The third-order valence-electron chi connectivity index (χ3n) is 5.59. The van der Waals surface area contributed by atoms with Crippen LogP contribution in [-0.4, -0.2) is 38.4 Å². The summed E-state index contributed by atoms with van der Waals surface area (Å²) in [6.07, 6.45) is 19.1. The molecule has 0 aromatic heterocycles. The molecule has 33 heavy (non-hydrogen) atoms. The molecule has 0 aliphatic carbocycles. The zero-order chi connectivity index (χ0) is 24.6. The van der Waals surface area contributed by atoms with Crippen LogP contribution in [0.25, 0.3) is 0 Å². The molecule has 5 heteroatoms. The van der Waals surface area contributed by atoms with Gasteiger partial charge in [-0.3, -0.25) is 0 Å². The zero-order valence-corrected chi connectivity index (χ0v) is 21.6. The summed E-state index contributed by atoms with van der Waals surface area (Å²) in [5.41, 5.74) is 0.490. The van der Waals surface area contributed by atoms with Crippen molar-refractivity contribution >= 4 is 11.9 Å². The molecule has 0 amide bonds. The maximum absolute atomic E-state index is 11.9. The molecule has 0 fully saturated rings. The van der Waals surface area contributed by atoms with Gasteiger partial charge in [0.25, 0.3) is 0 Å². The first-order valence-electron chi connectivity index (χ1n) is 13.3. The third kappa shape index (κ3) is 20.7. The highest BCUT2D eigenvalue weighted by Crippen LogP contribution is 2.10. The predicted octanol–water partition coefficient (Wildman–Crippen LogP) is 7.48. The summed E-state index contributed by atoms with van der Waals surface area (Å²) in [6.45, 7) is 12.7. The molecule has 0 aliphatic rings. The summed E-state index contributed by atoms with van der Waals surface area (Å²) < 4.78 is 15.8. The van der Waals surface area contributed by atoms with Crippen molar-refractivity contribution in [2.75, 3.05) is 26.4 Å². The zero-order valence-electron chi connectivity index (χ0n) is 21.6. The molecule has 0 aromatic rings. The normalized spacial score (nSPS) is 10.7. The molecule has 0 bridgehead atoms. The fourth-order valence-electron chi connectivity index (χ4n) is 3.42. The van der Waals surface area contributed by atoms with Gasteiger partial charge in [0.1, 0.15) is 0 Å². The Kier molecular flexibility index (Phi) is 22.4. The molecular formula is C28H50O5. The van der Waals surface area contributed by atoms with Crippen molar-refractivity contribution in [3.63, 3.8) is 0 Å². The number of carbonyl (C=O) groups is 2. The summed E-state index contributed by atoms with van der Waals surface area (Å²) in [7, 11) is 0. The number of hydrogen-bond donors (Lipinski definition) is 0. The van der Waals surface area contributed by atoms with Crippen LogP contribution >= 0.6 is 0 Å². The van der Waals surface area contributed by atoms with Gasteiger partial charge in [-0.05, 0) is 12.8 Å². The Bertz CT molecular complexity index is 480. The van der Waals surface area contributed by atoms with E-state index in [1.54, 1.807) is 0 Å². The maximum atomic E-state index is 11.9. The lowest BCUT2D eigenvalue weighted by molar-refractivity contribution is -0.139. The summed E-state index contributed by atoms with van der Waals surface area (Å²) in [4.78, 5) is 23.9. The highest BCUT2D eigenvalue weighted by Gasteiger charge is 2.12. The average molecular weight is 467 g/mol. The van der Waals surface area contributed by atoms with Crippen molar-refractivity contribution in [3.8, 4) is 0 Å². The SMILES string of the molecule is C=C(COCC(=C)C(=O)OCCCCCCCCCC)C(=O)OCCCCCCCCCC. The highest BCUT2D eigenvalue weighted by molar-refractivity contribution is 5.88. The largest absolute Gasteiger partial charge is 0.462 e. The van der Waals surface area contributed by atoms with E-state index >= 15 is 0 Å². The summed E-state index contributed by atoms with van der Waals surface area (Å²) in [6, 6.07) is 0. The van der Waals surface area contributed by atoms with E-state index in [0.29, 0.717) is 13.2 Å².